The smallest absolute Gasteiger partial charge is 0.00449 e. The highest BCUT2D eigenvalue weighted by molar-refractivity contribution is 5.53. The largest absolute Gasteiger partial charge is 0.313 e. The minimum Gasteiger partial charge on any atom is -0.313 e. The lowest BCUT2D eigenvalue weighted by molar-refractivity contribution is 0.387. The number of hydrogen-bond acceptors (Lipinski definition) is 1. The SMILES string of the molecule is CCC(CC=N)C(C)C. The van der Waals surface area contributed by atoms with E-state index in [-0.39, 0.29) is 0 Å². The first-order valence-corrected chi connectivity index (χ1v) is 3.71. The third kappa shape index (κ3) is 3.28. The fourth-order valence-corrected chi connectivity index (χ4v) is 1.06. The van der Waals surface area contributed by atoms with Gasteiger partial charge in [-0.05, 0) is 24.5 Å². The Kier molecular flexibility index (Phi) is 4.37. The summed E-state index contributed by atoms with van der Waals surface area (Å²) in [7, 11) is 0. The Balaban J connectivity index is 3.53. The Morgan fingerprint density at radius 3 is 2.11 bits per heavy atom. The molecule has 1 unspecified atom stereocenters. The van der Waals surface area contributed by atoms with E-state index >= 15 is 0 Å². The minimum atomic E-state index is 0.725. The maximum absolute atomic E-state index is 6.90. The second kappa shape index (κ2) is 4.54. The van der Waals surface area contributed by atoms with Crippen LogP contribution < -0.4 is 0 Å². The van der Waals surface area contributed by atoms with Gasteiger partial charge in [0, 0.05) is 0 Å². The molecule has 0 saturated heterocycles. The van der Waals surface area contributed by atoms with Crippen LogP contribution in [0.15, 0.2) is 0 Å². The summed E-state index contributed by atoms with van der Waals surface area (Å²) in [5, 5.41) is 6.90. The Labute approximate surface area is 58.0 Å². The van der Waals surface area contributed by atoms with Crippen LogP contribution >= 0.6 is 0 Å². The molecule has 0 radical (unpaired) electrons. The van der Waals surface area contributed by atoms with Gasteiger partial charge in [0.05, 0.1) is 0 Å². The molecule has 9 heavy (non-hydrogen) atoms. The van der Waals surface area contributed by atoms with Crippen LogP contribution in [0.1, 0.15) is 33.6 Å². The molecule has 0 bridgehead atoms. The van der Waals surface area contributed by atoms with Crippen molar-refractivity contribution in [3.8, 4) is 0 Å². The lowest BCUT2D eigenvalue weighted by Gasteiger charge is -2.15. The maximum Gasteiger partial charge on any atom is -0.00449 e. The lowest BCUT2D eigenvalue weighted by Crippen LogP contribution is -2.07. The van der Waals surface area contributed by atoms with Crippen molar-refractivity contribution in [2.45, 2.75) is 33.6 Å². The lowest BCUT2D eigenvalue weighted by atomic mass is 9.91. The third-order valence-corrected chi connectivity index (χ3v) is 1.89. The first-order valence-electron chi connectivity index (χ1n) is 3.71. The highest BCUT2D eigenvalue weighted by Crippen LogP contribution is 2.16. The summed E-state index contributed by atoms with van der Waals surface area (Å²) >= 11 is 0. The topological polar surface area (TPSA) is 23.9 Å². The Morgan fingerprint density at radius 1 is 1.44 bits per heavy atom. The first kappa shape index (κ1) is 8.67. The molecule has 1 nitrogen and oxygen atoms in total. The highest BCUT2D eigenvalue weighted by atomic mass is 14.3. The van der Waals surface area contributed by atoms with E-state index < -0.39 is 0 Å². The zero-order chi connectivity index (χ0) is 7.28. The van der Waals surface area contributed by atoms with Crippen LogP contribution in [-0.2, 0) is 0 Å². The van der Waals surface area contributed by atoms with Gasteiger partial charge in [0.2, 0.25) is 0 Å². The van der Waals surface area contributed by atoms with Crippen molar-refractivity contribution in [1.82, 2.24) is 0 Å². The van der Waals surface area contributed by atoms with Gasteiger partial charge in [-0.1, -0.05) is 27.2 Å². The van der Waals surface area contributed by atoms with Crippen LogP contribution in [0.25, 0.3) is 0 Å². The molecule has 1 N–H and O–H groups in total. The number of nitrogens with one attached hydrogen (secondary N) is 1. The molecule has 0 aliphatic carbocycles. The van der Waals surface area contributed by atoms with Crippen molar-refractivity contribution in [3.05, 3.63) is 0 Å². The van der Waals surface area contributed by atoms with Crippen molar-refractivity contribution < 1.29 is 0 Å². The molecule has 0 spiro atoms. The van der Waals surface area contributed by atoms with E-state index in [0.717, 1.165) is 18.3 Å². The summed E-state index contributed by atoms with van der Waals surface area (Å²) in [6.45, 7) is 6.63. The molecule has 0 fully saturated rings. The summed E-state index contributed by atoms with van der Waals surface area (Å²) in [6, 6.07) is 0. The zero-order valence-electron chi connectivity index (χ0n) is 6.65. The summed E-state index contributed by atoms with van der Waals surface area (Å²) in [5.74, 6) is 1.46. The van der Waals surface area contributed by atoms with Gasteiger partial charge in [-0.3, -0.25) is 0 Å². The highest BCUT2D eigenvalue weighted by Gasteiger charge is 2.07. The van der Waals surface area contributed by atoms with Crippen molar-refractivity contribution in [3.63, 3.8) is 0 Å². The van der Waals surface area contributed by atoms with Crippen LogP contribution in [0.3, 0.4) is 0 Å². The molecular weight excluding hydrogens is 110 g/mol. The second-order valence-corrected chi connectivity index (χ2v) is 2.85. The fraction of sp³-hybridized carbons (Fsp3) is 0.875. The standard InChI is InChI=1S/C8H17N/c1-4-8(5-6-9)7(2)3/h6-9H,4-5H2,1-3H3. The van der Waals surface area contributed by atoms with E-state index in [1.54, 1.807) is 0 Å². The Bertz CT molecular complexity index is 76.6. The number of hydrogen-bond donors (Lipinski definition) is 1. The molecule has 0 aromatic carbocycles. The quantitative estimate of drug-likeness (QED) is 0.561. The monoisotopic (exact) mass is 127 g/mol. The van der Waals surface area contributed by atoms with E-state index in [9.17, 15) is 0 Å². The molecule has 0 saturated carbocycles. The predicted molar refractivity (Wildman–Crippen MR) is 42.0 cm³/mol. The molecule has 0 aromatic rings. The van der Waals surface area contributed by atoms with E-state index in [4.69, 9.17) is 5.41 Å². The summed E-state index contributed by atoms with van der Waals surface area (Å²) in [5.41, 5.74) is 0. The van der Waals surface area contributed by atoms with Gasteiger partial charge in [0.25, 0.3) is 0 Å². The normalized spacial score (nSPS) is 13.8. The summed E-state index contributed by atoms with van der Waals surface area (Å²) in [4.78, 5) is 0. The van der Waals surface area contributed by atoms with E-state index in [1.807, 2.05) is 0 Å². The fourth-order valence-electron chi connectivity index (χ4n) is 1.06. The van der Waals surface area contributed by atoms with Gasteiger partial charge < -0.3 is 5.41 Å². The minimum absolute atomic E-state index is 0.725. The van der Waals surface area contributed by atoms with Crippen LogP contribution in [-0.4, -0.2) is 6.21 Å². The Morgan fingerprint density at radius 2 is 2.00 bits per heavy atom. The number of rotatable bonds is 4. The zero-order valence-corrected chi connectivity index (χ0v) is 6.65. The molecule has 0 aromatic heterocycles. The van der Waals surface area contributed by atoms with Gasteiger partial charge in [-0.15, -0.1) is 0 Å². The van der Waals surface area contributed by atoms with E-state index in [2.05, 4.69) is 20.8 Å². The van der Waals surface area contributed by atoms with Crippen molar-refractivity contribution >= 4 is 6.21 Å². The molecule has 1 atom stereocenters. The summed E-state index contributed by atoms with van der Waals surface area (Å²) < 4.78 is 0. The average Bonchev–Trinajstić information content (AvgIpc) is 1.82. The molecular formula is C8H17N. The van der Waals surface area contributed by atoms with Crippen LogP contribution in [0.5, 0.6) is 0 Å². The van der Waals surface area contributed by atoms with Crippen LogP contribution in [0.2, 0.25) is 0 Å². The first-order chi connectivity index (χ1) is 4.22. The predicted octanol–water partition coefficient (Wildman–Crippen LogP) is 2.71. The van der Waals surface area contributed by atoms with Gasteiger partial charge in [0.1, 0.15) is 0 Å². The molecule has 0 aliphatic rings. The van der Waals surface area contributed by atoms with Gasteiger partial charge in [0.15, 0.2) is 0 Å². The second-order valence-electron chi connectivity index (χ2n) is 2.85. The van der Waals surface area contributed by atoms with Crippen LogP contribution in [0.4, 0.5) is 0 Å². The molecule has 54 valence electrons. The van der Waals surface area contributed by atoms with Gasteiger partial charge >= 0.3 is 0 Å². The molecule has 0 aliphatic heterocycles. The van der Waals surface area contributed by atoms with Gasteiger partial charge in [-0.2, -0.15) is 0 Å². The van der Waals surface area contributed by atoms with Crippen molar-refractivity contribution in [1.29, 1.82) is 5.41 Å². The van der Waals surface area contributed by atoms with Crippen molar-refractivity contribution in [2.24, 2.45) is 11.8 Å². The van der Waals surface area contributed by atoms with Crippen molar-refractivity contribution in [2.75, 3.05) is 0 Å². The molecule has 0 amide bonds. The molecule has 0 rings (SSSR count). The summed E-state index contributed by atoms with van der Waals surface area (Å²) in [6.07, 6.45) is 3.68. The average molecular weight is 127 g/mol. The molecule has 0 heterocycles. The van der Waals surface area contributed by atoms with E-state index in [1.165, 1.54) is 12.6 Å². The third-order valence-electron chi connectivity index (χ3n) is 1.89. The van der Waals surface area contributed by atoms with E-state index in [0.29, 0.717) is 0 Å². The maximum atomic E-state index is 6.90. The Hall–Kier alpha value is -0.330. The molecule has 1 heteroatoms. The van der Waals surface area contributed by atoms with Crippen LogP contribution in [0, 0.1) is 17.2 Å². The van der Waals surface area contributed by atoms with Gasteiger partial charge in [-0.25, -0.2) is 0 Å².